The molecule has 3 unspecified atom stereocenters. The first-order valence-corrected chi connectivity index (χ1v) is 14.6. The SMILES string of the molecule is CC(=O)O[C@H]1C[C@@]2(C)[C@H](C[C@@H](O)[C@@H]3[C@@]4(C)CC[C@@H](O)[C@@H](C)C4CC[C@@]32C)C1C(CCC=C(C)C)C(=O)O. The van der Waals surface area contributed by atoms with Gasteiger partial charge in [-0.2, -0.15) is 0 Å². The average Bonchev–Trinajstić information content (AvgIpc) is 3.05. The number of carboxylic acids is 1. The molecule has 0 heterocycles. The molecule has 4 aliphatic carbocycles. The number of carbonyl (C=O) groups excluding carboxylic acids is 1. The Morgan fingerprint density at radius 3 is 2.27 bits per heavy atom. The lowest BCUT2D eigenvalue weighted by atomic mass is 9.36. The Morgan fingerprint density at radius 1 is 1.00 bits per heavy atom. The molecule has 0 bridgehead atoms. The molecule has 0 aromatic carbocycles. The van der Waals surface area contributed by atoms with Crippen molar-refractivity contribution in [2.24, 2.45) is 51.8 Å². The molecule has 0 radical (unpaired) electrons. The molecule has 4 aliphatic rings. The van der Waals surface area contributed by atoms with E-state index >= 15 is 0 Å². The number of rotatable bonds is 6. The van der Waals surface area contributed by atoms with Gasteiger partial charge in [-0.25, -0.2) is 0 Å². The largest absolute Gasteiger partial charge is 0.481 e. The van der Waals surface area contributed by atoms with Crippen LogP contribution in [-0.4, -0.2) is 45.6 Å². The van der Waals surface area contributed by atoms with Gasteiger partial charge in [-0.05, 0) is 105 Å². The number of fused-ring (bicyclic) bond motifs is 5. The number of carboxylic acid groups (broad SMARTS) is 1. The molecule has 4 saturated carbocycles. The van der Waals surface area contributed by atoms with Gasteiger partial charge < -0.3 is 20.1 Å². The molecule has 4 rings (SSSR count). The zero-order valence-corrected chi connectivity index (χ0v) is 24.0. The summed E-state index contributed by atoms with van der Waals surface area (Å²) in [4.78, 5) is 24.9. The molecule has 0 aliphatic heterocycles. The van der Waals surface area contributed by atoms with E-state index in [4.69, 9.17) is 4.74 Å². The van der Waals surface area contributed by atoms with E-state index < -0.39 is 24.1 Å². The van der Waals surface area contributed by atoms with E-state index in [1.165, 1.54) is 6.92 Å². The van der Waals surface area contributed by atoms with Gasteiger partial charge in [-0.1, -0.05) is 39.3 Å². The fourth-order valence-electron chi connectivity index (χ4n) is 10.4. The summed E-state index contributed by atoms with van der Waals surface area (Å²) in [7, 11) is 0. The molecule has 0 amide bonds. The minimum atomic E-state index is -0.832. The Labute approximate surface area is 223 Å². The van der Waals surface area contributed by atoms with Crippen LogP contribution in [0.5, 0.6) is 0 Å². The molecule has 4 fully saturated rings. The van der Waals surface area contributed by atoms with Crippen LogP contribution in [0.1, 0.15) is 99.8 Å². The predicted octanol–water partition coefficient (Wildman–Crippen LogP) is 5.60. The van der Waals surface area contributed by atoms with Crippen molar-refractivity contribution in [1.82, 2.24) is 0 Å². The highest BCUT2D eigenvalue weighted by Gasteiger charge is 2.72. The predicted molar refractivity (Wildman–Crippen MR) is 143 cm³/mol. The van der Waals surface area contributed by atoms with Crippen LogP contribution < -0.4 is 0 Å². The van der Waals surface area contributed by atoms with Crippen LogP contribution in [0.15, 0.2) is 11.6 Å². The van der Waals surface area contributed by atoms with Gasteiger partial charge in [0, 0.05) is 12.8 Å². The Morgan fingerprint density at radius 2 is 1.68 bits per heavy atom. The van der Waals surface area contributed by atoms with Crippen LogP contribution in [-0.2, 0) is 14.3 Å². The normalized spacial score (nSPS) is 47.7. The van der Waals surface area contributed by atoms with Crippen molar-refractivity contribution >= 4 is 11.9 Å². The summed E-state index contributed by atoms with van der Waals surface area (Å²) < 4.78 is 5.93. The summed E-state index contributed by atoms with van der Waals surface area (Å²) in [6, 6.07) is 0. The minimum Gasteiger partial charge on any atom is -0.481 e. The third-order valence-electron chi connectivity index (χ3n) is 12.1. The zero-order valence-electron chi connectivity index (χ0n) is 24.0. The molecule has 6 heteroatoms. The lowest BCUT2D eigenvalue weighted by molar-refractivity contribution is -0.240. The maximum Gasteiger partial charge on any atom is 0.306 e. The molecule has 0 aromatic heterocycles. The van der Waals surface area contributed by atoms with E-state index in [1.807, 2.05) is 13.8 Å². The molecule has 0 aromatic rings. The highest BCUT2D eigenvalue weighted by molar-refractivity contribution is 5.71. The quantitative estimate of drug-likeness (QED) is 0.312. The molecular formula is C31H50O6. The monoisotopic (exact) mass is 518 g/mol. The van der Waals surface area contributed by atoms with Gasteiger partial charge in [-0.3, -0.25) is 9.59 Å². The molecule has 0 spiro atoms. The third-order valence-corrected chi connectivity index (χ3v) is 12.1. The lowest BCUT2D eigenvalue weighted by Crippen LogP contribution is -2.66. The van der Waals surface area contributed by atoms with Crippen LogP contribution in [0.3, 0.4) is 0 Å². The second-order valence-corrected chi connectivity index (χ2v) is 14.1. The topological polar surface area (TPSA) is 104 Å². The number of hydrogen-bond donors (Lipinski definition) is 3. The molecular weight excluding hydrogens is 468 g/mol. The highest BCUT2D eigenvalue weighted by Crippen LogP contribution is 2.74. The molecule has 12 atom stereocenters. The number of hydrogen-bond acceptors (Lipinski definition) is 5. The van der Waals surface area contributed by atoms with Gasteiger partial charge in [0.1, 0.15) is 6.10 Å². The number of aliphatic carboxylic acids is 1. The van der Waals surface area contributed by atoms with Gasteiger partial charge in [0.2, 0.25) is 0 Å². The lowest BCUT2D eigenvalue weighted by Gasteiger charge is -2.69. The summed E-state index contributed by atoms with van der Waals surface area (Å²) in [5.74, 6) is -1.54. The summed E-state index contributed by atoms with van der Waals surface area (Å²) in [5, 5.41) is 33.0. The maximum atomic E-state index is 12.7. The van der Waals surface area contributed by atoms with Gasteiger partial charge in [-0.15, -0.1) is 0 Å². The second-order valence-electron chi connectivity index (χ2n) is 14.1. The Balaban J connectivity index is 1.75. The summed E-state index contributed by atoms with van der Waals surface area (Å²) in [6.45, 7) is 14.6. The van der Waals surface area contributed by atoms with Crippen molar-refractivity contribution in [3.8, 4) is 0 Å². The highest BCUT2D eigenvalue weighted by atomic mass is 16.5. The average molecular weight is 519 g/mol. The van der Waals surface area contributed by atoms with Crippen LogP contribution in [0.2, 0.25) is 0 Å². The van der Waals surface area contributed by atoms with E-state index in [2.05, 4.69) is 33.8 Å². The van der Waals surface area contributed by atoms with Gasteiger partial charge in [0.05, 0.1) is 18.1 Å². The van der Waals surface area contributed by atoms with Gasteiger partial charge in [0.15, 0.2) is 0 Å². The summed E-state index contributed by atoms with van der Waals surface area (Å²) in [6.07, 6.45) is 6.77. The van der Waals surface area contributed by atoms with Crippen LogP contribution in [0.25, 0.3) is 0 Å². The molecule has 210 valence electrons. The maximum absolute atomic E-state index is 12.7. The van der Waals surface area contributed by atoms with Crippen molar-refractivity contribution in [3.05, 3.63) is 11.6 Å². The summed E-state index contributed by atoms with van der Waals surface area (Å²) in [5.41, 5.74) is 0.624. The van der Waals surface area contributed by atoms with Gasteiger partial charge in [0.25, 0.3) is 0 Å². The first-order valence-electron chi connectivity index (χ1n) is 14.6. The number of aliphatic hydroxyl groups is 2. The van der Waals surface area contributed by atoms with E-state index in [0.717, 1.165) is 31.3 Å². The zero-order chi connectivity index (χ0) is 27.5. The van der Waals surface area contributed by atoms with Crippen molar-refractivity contribution in [1.29, 1.82) is 0 Å². The minimum absolute atomic E-state index is 0.0346. The van der Waals surface area contributed by atoms with Crippen LogP contribution >= 0.6 is 0 Å². The second kappa shape index (κ2) is 9.97. The molecule has 0 saturated heterocycles. The van der Waals surface area contributed by atoms with Crippen molar-refractivity contribution < 1.29 is 29.6 Å². The summed E-state index contributed by atoms with van der Waals surface area (Å²) >= 11 is 0. The number of carbonyl (C=O) groups is 2. The van der Waals surface area contributed by atoms with E-state index in [1.54, 1.807) is 0 Å². The van der Waals surface area contributed by atoms with Gasteiger partial charge >= 0.3 is 11.9 Å². The molecule has 37 heavy (non-hydrogen) atoms. The van der Waals surface area contributed by atoms with Crippen molar-refractivity contribution in [2.75, 3.05) is 0 Å². The Hall–Kier alpha value is -1.40. The van der Waals surface area contributed by atoms with E-state index in [-0.39, 0.29) is 52.0 Å². The van der Waals surface area contributed by atoms with Crippen molar-refractivity contribution in [2.45, 2.75) is 118 Å². The fourth-order valence-corrected chi connectivity index (χ4v) is 10.4. The number of aliphatic hydroxyl groups excluding tert-OH is 2. The fraction of sp³-hybridized carbons (Fsp3) is 0.871. The Bertz CT molecular complexity index is 925. The standard InChI is InChI=1S/C31H50O6/c1-17(2)9-8-10-20(28(35)36)26-22-15-24(34)27-29(5)13-12-23(33)18(3)21(29)11-14-30(27,6)31(22,7)16-25(26)37-19(4)32/h9,18,20-27,33-34H,8,10-16H2,1-7H3,(H,35,36)/t18-,20?,21?,22+,23+,24+,25-,26?,27+,29-,30-,31-/m0/s1. The smallest absolute Gasteiger partial charge is 0.306 e. The third kappa shape index (κ3) is 4.48. The molecule has 6 nitrogen and oxygen atoms in total. The Kier molecular flexibility index (Phi) is 7.71. The number of esters is 1. The van der Waals surface area contributed by atoms with E-state index in [0.29, 0.717) is 31.6 Å². The first kappa shape index (κ1) is 28.6. The van der Waals surface area contributed by atoms with Crippen LogP contribution in [0, 0.1) is 51.8 Å². The van der Waals surface area contributed by atoms with E-state index in [9.17, 15) is 24.9 Å². The first-order chi connectivity index (χ1) is 17.2. The van der Waals surface area contributed by atoms with Crippen LogP contribution in [0.4, 0.5) is 0 Å². The van der Waals surface area contributed by atoms with Crippen molar-refractivity contribution in [3.63, 3.8) is 0 Å². The number of ether oxygens (including phenoxy) is 1. The molecule has 3 N–H and O–H groups in total. The number of allylic oxidation sites excluding steroid dienone is 2.